The summed E-state index contributed by atoms with van der Waals surface area (Å²) in [6.45, 7) is 1.69. The number of para-hydroxylation sites is 1. The molecule has 0 saturated carbocycles. The van der Waals surface area contributed by atoms with Crippen molar-refractivity contribution in [3.63, 3.8) is 0 Å². The monoisotopic (exact) mass is 362 g/mol. The van der Waals surface area contributed by atoms with E-state index in [4.69, 9.17) is 0 Å². The Labute approximate surface area is 157 Å². The van der Waals surface area contributed by atoms with Gasteiger partial charge in [-0.1, -0.05) is 48.5 Å². The van der Waals surface area contributed by atoms with E-state index >= 15 is 0 Å². The van der Waals surface area contributed by atoms with Crippen molar-refractivity contribution in [2.24, 2.45) is 5.92 Å². The predicted octanol–water partition coefficient (Wildman–Crippen LogP) is 2.73. The molecule has 2 amide bonds. The van der Waals surface area contributed by atoms with Crippen LogP contribution in [0.2, 0.25) is 0 Å². The van der Waals surface area contributed by atoms with Gasteiger partial charge < -0.3 is 10.2 Å². The Kier molecular flexibility index (Phi) is 4.87. The van der Waals surface area contributed by atoms with Crippen LogP contribution in [0.15, 0.2) is 54.6 Å². The maximum atomic E-state index is 12.8. The van der Waals surface area contributed by atoms with Crippen molar-refractivity contribution in [1.29, 1.82) is 0 Å². The number of nitrogens with zero attached hydrogens (tertiary/aromatic N) is 2. The lowest BCUT2D eigenvalue weighted by molar-refractivity contribution is -0.126. The van der Waals surface area contributed by atoms with Gasteiger partial charge in [0.15, 0.2) is 5.69 Å². The van der Waals surface area contributed by atoms with Crippen molar-refractivity contribution in [2.45, 2.75) is 19.4 Å². The first-order chi connectivity index (χ1) is 13.2. The van der Waals surface area contributed by atoms with E-state index in [-0.39, 0.29) is 17.7 Å². The zero-order valence-electron chi connectivity index (χ0n) is 15.0. The zero-order valence-corrected chi connectivity index (χ0v) is 15.0. The first kappa shape index (κ1) is 17.3. The highest BCUT2D eigenvalue weighted by atomic mass is 16.2. The number of carbonyl (C=O) groups is 2. The van der Waals surface area contributed by atoms with Crippen LogP contribution in [0.3, 0.4) is 0 Å². The third-order valence-corrected chi connectivity index (χ3v) is 5.14. The Morgan fingerprint density at radius 3 is 2.52 bits per heavy atom. The number of likely N-dealkylation sites (tertiary alicyclic amines) is 1. The molecular weight excluding hydrogens is 340 g/mol. The summed E-state index contributed by atoms with van der Waals surface area (Å²) in [5.74, 6) is -0.0551. The van der Waals surface area contributed by atoms with E-state index in [1.54, 1.807) is 4.90 Å². The SMILES string of the molecule is O=C(NCc1ccccc1)C1CCN(C(=O)c2n[nH]c3ccccc23)CC1. The number of benzene rings is 2. The number of amides is 2. The highest BCUT2D eigenvalue weighted by Gasteiger charge is 2.29. The predicted molar refractivity (Wildman–Crippen MR) is 103 cm³/mol. The highest BCUT2D eigenvalue weighted by molar-refractivity contribution is 6.04. The number of aromatic nitrogens is 2. The van der Waals surface area contributed by atoms with Gasteiger partial charge in [0.25, 0.3) is 5.91 Å². The molecule has 1 aliphatic rings. The Morgan fingerprint density at radius 2 is 1.74 bits per heavy atom. The van der Waals surface area contributed by atoms with Crippen LogP contribution in [0.1, 0.15) is 28.9 Å². The summed E-state index contributed by atoms with van der Waals surface area (Å²) in [7, 11) is 0. The third-order valence-electron chi connectivity index (χ3n) is 5.14. The number of nitrogens with one attached hydrogen (secondary N) is 2. The first-order valence-electron chi connectivity index (χ1n) is 9.26. The Hall–Kier alpha value is -3.15. The minimum absolute atomic E-state index is 0.0475. The molecule has 1 aromatic heterocycles. The van der Waals surface area contributed by atoms with Gasteiger partial charge in [-0.15, -0.1) is 0 Å². The average Bonchev–Trinajstić information content (AvgIpc) is 3.16. The van der Waals surface area contributed by atoms with Crippen molar-refractivity contribution < 1.29 is 9.59 Å². The maximum Gasteiger partial charge on any atom is 0.274 e. The van der Waals surface area contributed by atoms with E-state index in [2.05, 4.69) is 15.5 Å². The van der Waals surface area contributed by atoms with Crippen molar-refractivity contribution >= 4 is 22.7 Å². The lowest BCUT2D eigenvalue weighted by Gasteiger charge is -2.31. The van der Waals surface area contributed by atoms with Crippen LogP contribution in [0.4, 0.5) is 0 Å². The largest absolute Gasteiger partial charge is 0.352 e. The van der Waals surface area contributed by atoms with Crippen LogP contribution in [0.25, 0.3) is 10.9 Å². The van der Waals surface area contributed by atoms with E-state index < -0.39 is 0 Å². The van der Waals surface area contributed by atoms with E-state index in [0.29, 0.717) is 38.2 Å². The Balaban J connectivity index is 1.33. The second-order valence-corrected chi connectivity index (χ2v) is 6.89. The highest BCUT2D eigenvalue weighted by Crippen LogP contribution is 2.22. The molecule has 1 aliphatic heterocycles. The number of hydrogen-bond acceptors (Lipinski definition) is 3. The van der Waals surface area contributed by atoms with E-state index in [0.717, 1.165) is 16.5 Å². The molecule has 1 saturated heterocycles. The second kappa shape index (κ2) is 7.61. The number of piperidine rings is 1. The molecule has 4 rings (SSSR count). The number of H-pyrrole nitrogens is 1. The molecule has 6 heteroatoms. The van der Waals surface area contributed by atoms with Crippen molar-refractivity contribution in [3.05, 3.63) is 65.9 Å². The molecule has 0 bridgehead atoms. The number of fused-ring (bicyclic) bond motifs is 1. The van der Waals surface area contributed by atoms with E-state index in [9.17, 15) is 9.59 Å². The molecule has 27 heavy (non-hydrogen) atoms. The molecule has 0 unspecified atom stereocenters. The smallest absolute Gasteiger partial charge is 0.274 e. The van der Waals surface area contributed by atoms with Gasteiger partial charge in [0.1, 0.15) is 0 Å². The van der Waals surface area contributed by atoms with E-state index in [1.807, 2.05) is 54.6 Å². The summed E-state index contributed by atoms with van der Waals surface area (Å²) in [6.07, 6.45) is 1.35. The van der Waals surface area contributed by atoms with Crippen LogP contribution in [0, 0.1) is 5.92 Å². The normalized spacial score (nSPS) is 15.0. The summed E-state index contributed by atoms with van der Waals surface area (Å²) in [6, 6.07) is 17.5. The molecule has 138 valence electrons. The van der Waals surface area contributed by atoms with Crippen LogP contribution >= 0.6 is 0 Å². The van der Waals surface area contributed by atoms with Crippen LogP contribution in [-0.4, -0.2) is 40.0 Å². The average molecular weight is 362 g/mol. The molecule has 2 N–H and O–H groups in total. The molecule has 0 spiro atoms. The zero-order chi connectivity index (χ0) is 18.6. The number of rotatable bonds is 4. The number of aromatic amines is 1. The standard InChI is InChI=1S/C21H22N4O2/c26-20(22-14-15-6-2-1-3-7-15)16-10-12-25(13-11-16)21(27)19-17-8-4-5-9-18(17)23-24-19/h1-9,16H,10-14H2,(H,22,26)(H,23,24). The summed E-state index contributed by atoms with van der Waals surface area (Å²) >= 11 is 0. The minimum Gasteiger partial charge on any atom is -0.352 e. The molecule has 0 aliphatic carbocycles. The number of hydrogen-bond donors (Lipinski definition) is 2. The quantitative estimate of drug-likeness (QED) is 0.749. The topological polar surface area (TPSA) is 78.1 Å². The molecule has 2 aromatic carbocycles. The van der Waals surface area contributed by atoms with Crippen molar-refractivity contribution in [2.75, 3.05) is 13.1 Å². The van der Waals surface area contributed by atoms with Crippen molar-refractivity contribution in [3.8, 4) is 0 Å². The second-order valence-electron chi connectivity index (χ2n) is 6.89. The maximum absolute atomic E-state index is 12.8. The minimum atomic E-state index is -0.0735. The molecule has 3 aromatic rings. The Morgan fingerprint density at radius 1 is 1.04 bits per heavy atom. The molecular formula is C21H22N4O2. The number of carbonyl (C=O) groups excluding carboxylic acids is 2. The molecule has 6 nitrogen and oxygen atoms in total. The first-order valence-corrected chi connectivity index (χ1v) is 9.26. The van der Waals surface area contributed by atoms with Gasteiger partial charge >= 0.3 is 0 Å². The molecule has 2 heterocycles. The van der Waals surface area contributed by atoms with Crippen LogP contribution < -0.4 is 5.32 Å². The summed E-state index contributed by atoms with van der Waals surface area (Å²) < 4.78 is 0. The van der Waals surface area contributed by atoms with Gasteiger partial charge in [-0.2, -0.15) is 5.10 Å². The summed E-state index contributed by atoms with van der Waals surface area (Å²) in [4.78, 5) is 27.0. The summed E-state index contributed by atoms with van der Waals surface area (Å²) in [5.41, 5.74) is 2.40. The molecule has 0 atom stereocenters. The Bertz CT molecular complexity index is 943. The fourth-order valence-corrected chi connectivity index (χ4v) is 3.55. The lowest BCUT2D eigenvalue weighted by atomic mass is 9.95. The molecule has 0 radical (unpaired) electrons. The third kappa shape index (κ3) is 3.69. The van der Waals surface area contributed by atoms with Gasteiger partial charge in [0, 0.05) is 30.9 Å². The fraction of sp³-hybridized carbons (Fsp3) is 0.286. The molecule has 1 fully saturated rings. The van der Waals surface area contributed by atoms with Crippen LogP contribution in [0.5, 0.6) is 0 Å². The van der Waals surface area contributed by atoms with Gasteiger partial charge in [-0.05, 0) is 24.5 Å². The summed E-state index contributed by atoms with van der Waals surface area (Å²) in [5, 5.41) is 10.9. The van der Waals surface area contributed by atoms with Gasteiger partial charge in [-0.25, -0.2) is 0 Å². The van der Waals surface area contributed by atoms with E-state index in [1.165, 1.54) is 0 Å². The fourth-order valence-electron chi connectivity index (χ4n) is 3.55. The van der Waals surface area contributed by atoms with Crippen LogP contribution in [-0.2, 0) is 11.3 Å². The van der Waals surface area contributed by atoms with Crippen molar-refractivity contribution in [1.82, 2.24) is 20.4 Å². The lowest BCUT2D eigenvalue weighted by Crippen LogP contribution is -2.43. The van der Waals surface area contributed by atoms with Gasteiger partial charge in [0.2, 0.25) is 5.91 Å². The van der Waals surface area contributed by atoms with Gasteiger partial charge in [-0.3, -0.25) is 14.7 Å². The van der Waals surface area contributed by atoms with Gasteiger partial charge in [0.05, 0.1) is 5.52 Å².